The lowest BCUT2D eigenvalue weighted by Gasteiger charge is -2.38. The Balaban J connectivity index is 0.00000196. The van der Waals surface area contributed by atoms with Crippen molar-refractivity contribution < 1.29 is 4.79 Å². The van der Waals surface area contributed by atoms with Crippen molar-refractivity contribution in [1.29, 1.82) is 0 Å². The van der Waals surface area contributed by atoms with E-state index in [0.717, 1.165) is 49.6 Å². The zero-order chi connectivity index (χ0) is 17.4. The SMILES string of the molecule is Cc1ccc(-c2nc(C(=O)N3CCC4(CCNC4)CC3)cs2)c(C)c1.Cl. The Labute approximate surface area is 165 Å². The van der Waals surface area contributed by atoms with Crippen LogP contribution in [0, 0.1) is 19.3 Å². The number of benzene rings is 1. The van der Waals surface area contributed by atoms with Gasteiger partial charge in [-0.05, 0) is 50.6 Å². The minimum absolute atomic E-state index is 0. The second-order valence-corrected chi connectivity index (χ2v) is 8.43. The van der Waals surface area contributed by atoms with Gasteiger partial charge in [0.1, 0.15) is 10.7 Å². The summed E-state index contributed by atoms with van der Waals surface area (Å²) in [5.41, 5.74) is 4.62. The summed E-state index contributed by atoms with van der Waals surface area (Å²) in [7, 11) is 0. The summed E-state index contributed by atoms with van der Waals surface area (Å²) >= 11 is 1.57. The molecule has 1 N–H and O–H groups in total. The van der Waals surface area contributed by atoms with E-state index in [1.54, 1.807) is 11.3 Å². The summed E-state index contributed by atoms with van der Waals surface area (Å²) in [4.78, 5) is 19.5. The van der Waals surface area contributed by atoms with Crippen LogP contribution in [0.15, 0.2) is 23.6 Å². The molecule has 1 spiro atoms. The predicted molar refractivity (Wildman–Crippen MR) is 109 cm³/mol. The zero-order valence-corrected chi connectivity index (χ0v) is 17.0. The molecule has 0 saturated carbocycles. The number of carbonyl (C=O) groups is 1. The van der Waals surface area contributed by atoms with Crippen molar-refractivity contribution in [3.63, 3.8) is 0 Å². The average Bonchev–Trinajstić information content (AvgIpc) is 3.25. The third-order valence-corrected chi connectivity index (χ3v) is 6.65. The third kappa shape index (κ3) is 3.66. The van der Waals surface area contributed by atoms with Crippen molar-refractivity contribution in [2.75, 3.05) is 26.2 Å². The zero-order valence-electron chi connectivity index (χ0n) is 15.4. The maximum absolute atomic E-state index is 12.8. The molecule has 4 nitrogen and oxygen atoms in total. The minimum Gasteiger partial charge on any atom is -0.337 e. The Morgan fingerprint density at radius 2 is 2.00 bits per heavy atom. The van der Waals surface area contributed by atoms with Gasteiger partial charge in [0.15, 0.2) is 0 Å². The van der Waals surface area contributed by atoms with Crippen molar-refractivity contribution >= 4 is 29.7 Å². The van der Waals surface area contributed by atoms with E-state index in [4.69, 9.17) is 0 Å². The van der Waals surface area contributed by atoms with Crippen LogP contribution in [0.5, 0.6) is 0 Å². The number of likely N-dealkylation sites (tertiary alicyclic amines) is 1. The van der Waals surface area contributed by atoms with Gasteiger partial charge in [-0.15, -0.1) is 23.7 Å². The van der Waals surface area contributed by atoms with Crippen LogP contribution in [-0.2, 0) is 0 Å². The molecule has 1 aromatic carbocycles. The number of hydrogen-bond acceptors (Lipinski definition) is 4. The summed E-state index contributed by atoms with van der Waals surface area (Å²) in [6, 6.07) is 6.37. The highest BCUT2D eigenvalue weighted by molar-refractivity contribution is 7.13. The molecule has 2 aromatic rings. The number of halogens is 1. The number of nitrogens with one attached hydrogen (secondary N) is 1. The number of aryl methyl sites for hydroxylation is 2. The molecule has 4 rings (SSSR count). The molecular formula is C20H26ClN3OS. The number of hydrogen-bond donors (Lipinski definition) is 1. The first-order valence-electron chi connectivity index (χ1n) is 9.10. The lowest BCUT2D eigenvalue weighted by Crippen LogP contribution is -2.44. The molecule has 1 amide bonds. The molecule has 0 unspecified atom stereocenters. The van der Waals surface area contributed by atoms with Crippen LogP contribution in [0.25, 0.3) is 10.6 Å². The monoisotopic (exact) mass is 391 g/mol. The number of piperidine rings is 1. The van der Waals surface area contributed by atoms with Crippen molar-refractivity contribution in [2.24, 2.45) is 5.41 Å². The molecule has 2 saturated heterocycles. The summed E-state index contributed by atoms with van der Waals surface area (Å²) in [5.74, 6) is 0.0908. The van der Waals surface area contributed by atoms with Crippen molar-refractivity contribution in [3.05, 3.63) is 40.4 Å². The average molecular weight is 392 g/mol. The summed E-state index contributed by atoms with van der Waals surface area (Å²) < 4.78 is 0. The number of nitrogens with zero attached hydrogens (tertiary/aromatic N) is 2. The Bertz CT molecular complexity index is 788. The summed E-state index contributed by atoms with van der Waals surface area (Å²) in [6.07, 6.45) is 3.47. The van der Waals surface area contributed by atoms with Gasteiger partial charge in [0.2, 0.25) is 0 Å². The molecule has 140 valence electrons. The number of aromatic nitrogens is 1. The number of thiazole rings is 1. The van der Waals surface area contributed by atoms with Gasteiger partial charge in [0.25, 0.3) is 5.91 Å². The fourth-order valence-electron chi connectivity index (χ4n) is 4.12. The predicted octanol–water partition coefficient (Wildman–Crippen LogP) is 4.06. The van der Waals surface area contributed by atoms with Gasteiger partial charge in [-0.1, -0.05) is 23.8 Å². The number of carbonyl (C=O) groups excluding carboxylic acids is 1. The van der Waals surface area contributed by atoms with Crippen molar-refractivity contribution in [3.8, 4) is 10.6 Å². The maximum atomic E-state index is 12.8. The number of amides is 1. The highest BCUT2D eigenvalue weighted by atomic mass is 35.5. The van der Waals surface area contributed by atoms with Gasteiger partial charge in [-0.3, -0.25) is 4.79 Å². The summed E-state index contributed by atoms with van der Waals surface area (Å²) in [5, 5.41) is 6.33. The molecular weight excluding hydrogens is 366 g/mol. The molecule has 0 aliphatic carbocycles. The molecule has 26 heavy (non-hydrogen) atoms. The standard InChI is InChI=1S/C20H25N3OS.ClH/c1-14-3-4-16(15(2)11-14)18-22-17(12-25-18)19(24)23-9-6-20(7-10-23)5-8-21-13-20;/h3-4,11-12,21H,5-10,13H2,1-2H3;1H. The molecule has 6 heteroatoms. The Kier molecular flexibility index (Phi) is 5.70. The smallest absolute Gasteiger partial charge is 0.273 e. The van der Waals surface area contributed by atoms with E-state index in [9.17, 15) is 4.79 Å². The fraction of sp³-hybridized carbons (Fsp3) is 0.500. The number of rotatable bonds is 2. The molecule has 0 radical (unpaired) electrons. The topological polar surface area (TPSA) is 45.2 Å². The van der Waals surface area contributed by atoms with Crippen molar-refractivity contribution in [1.82, 2.24) is 15.2 Å². The fourth-order valence-corrected chi connectivity index (χ4v) is 5.00. The molecule has 2 aliphatic heterocycles. The lowest BCUT2D eigenvalue weighted by molar-refractivity contribution is 0.0603. The van der Waals surface area contributed by atoms with E-state index in [1.165, 1.54) is 17.5 Å². The summed E-state index contributed by atoms with van der Waals surface area (Å²) in [6.45, 7) is 8.15. The van der Waals surface area contributed by atoms with E-state index in [1.807, 2.05) is 10.3 Å². The largest absolute Gasteiger partial charge is 0.337 e. The first-order chi connectivity index (χ1) is 12.1. The first-order valence-corrected chi connectivity index (χ1v) is 9.97. The van der Waals surface area contributed by atoms with Crippen LogP contribution in [0.3, 0.4) is 0 Å². The Hall–Kier alpha value is -1.43. The van der Waals surface area contributed by atoms with Crippen LogP contribution in [0.1, 0.15) is 40.9 Å². The van der Waals surface area contributed by atoms with Crippen LogP contribution in [-0.4, -0.2) is 42.0 Å². The van der Waals surface area contributed by atoms with E-state index >= 15 is 0 Å². The van der Waals surface area contributed by atoms with Gasteiger partial charge < -0.3 is 10.2 Å². The van der Waals surface area contributed by atoms with Crippen LogP contribution < -0.4 is 5.32 Å². The second-order valence-electron chi connectivity index (χ2n) is 7.58. The van der Waals surface area contributed by atoms with E-state index in [-0.39, 0.29) is 18.3 Å². The highest BCUT2D eigenvalue weighted by Crippen LogP contribution is 2.37. The maximum Gasteiger partial charge on any atom is 0.273 e. The normalized spacial score (nSPS) is 18.8. The van der Waals surface area contributed by atoms with E-state index < -0.39 is 0 Å². The quantitative estimate of drug-likeness (QED) is 0.839. The van der Waals surface area contributed by atoms with Gasteiger partial charge in [0.05, 0.1) is 0 Å². The second kappa shape index (κ2) is 7.67. The van der Waals surface area contributed by atoms with Crippen LogP contribution >= 0.6 is 23.7 Å². The van der Waals surface area contributed by atoms with E-state index in [2.05, 4.69) is 42.3 Å². The highest BCUT2D eigenvalue weighted by Gasteiger charge is 2.38. The van der Waals surface area contributed by atoms with Crippen molar-refractivity contribution in [2.45, 2.75) is 33.1 Å². The molecule has 0 bridgehead atoms. The molecule has 2 fully saturated rings. The molecule has 1 aromatic heterocycles. The first kappa shape index (κ1) is 19.3. The minimum atomic E-state index is 0. The van der Waals surface area contributed by atoms with Gasteiger partial charge in [-0.2, -0.15) is 0 Å². The molecule has 0 atom stereocenters. The molecule has 2 aliphatic rings. The van der Waals surface area contributed by atoms with E-state index in [0.29, 0.717) is 11.1 Å². The Morgan fingerprint density at radius 3 is 2.65 bits per heavy atom. The van der Waals surface area contributed by atoms with Gasteiger partial charge >= 0.3 is 0 Å². The van der Waals surface area contributed by atoms with Crippen LogP contribution in [0.2, 0.25) is 0 Å². The van der Waals surface area contributed by atoms with Gasteiger partial charge in [-0.25, -0.2) is 4.98 Å². The molecule has 3 heterocycles. The Morgan fingerprint density at radius 1 is 1.23 bits per heavy atom. The van der Waals surface area contributed by atoms with Crippen LogP contribution in [0.4, 0.5) is 0 Å². The lowest BCUT2D eigenvalue weighted by atomic mass is 9.78. The van der Waals surface area contributed by atoms with Gasteiger partial charge in [0, 0.05) is 30.6 Å². The third-order valence-electron chi connectivity index (χ3n) is 5.78.